The zero-order valence-corrected chi connectivity index (χ0v) is 15.0. The smallest absolute Gasteiger partial charge is 0.264 e. The highest BCUT2D eigenvalue weighted by Crippen LogP contribution is 2.26. The fraction of sp³-hybridized carbons (Fsp3) is 0.389. The van der Waals surface area contributed by atoms with Crippen LogP contribution in [-0.4, -0.2) is 41.8 Å². The molecule has 3 N–H and O–H groups in total. The highest BCUT2D eigenvalue weighted by atomic mass is 16.3. The lowest BCUT2D eigenvalue weighted by atomic mass is 9.93. The van der Waals surface area contributed by atoms with Gasteiger partial charge >= 0.3 is 0 Å². The SMILES string of the molecule is Cn1cnc2cc(Nc3cnccn3)nc(N[C@H]3CC[C@@H](O)CC3)c2c1=O. The van der Waals surface area contributed by atoms with E-state index in [0.29, 0.717) is 28.4 Å². The quantitative estimate of drug-likeness (QED) is 0.636. The van der Waals surface area contributed by atoms with Crippen LogP contribution in [0.5, 0.6) is 0 Å². The van der Waals surface area contributed by atoms with Crippen molar-refractivity contribution in [1.82, 2.24) is 24.5 Å². The molecular weight excluding hydrogens is 346 g/mol. The van der Waals surface area contributed by atoms with E-state index in [1.165, 1.54) is 10.9 Å². The van der Waals surface area contributed by atoms with Gasteiger partial charge in [0.25, 0.3) is 5.56 Å². The third-order valence-corrected chi connectivity index (χ3v) is 4.76. The van der Waals surface area contributed by atoms with Crippen molar-refractivity contribution in [2.75, 3.05) is 10.6 Å². The predicted octanol–water partition coefficient (Wildman–Crippen LogP) is 1.58. The minimum atomic E-state index is -0.244. The Morgan fingerprint density at radius 1 is 1.15 bits per heavy atom. The number of aliphatic hydroxyl groups is 1. The molecule has 4 rings (SSSR count). The second-order valence-corrected chi connectivity index (χ2v) is 6.78. The van der Waals surface area contributed by atoms with Gasteiger partial charge in [-0.3, -0.25) is 9.78 Å². The first-order chi connectivity index (χ1) is 13.1. The molecule has 3 aromatic heterocycles. The van der Waals surface area contributed by atoms with Crippen LogP contribution in [0.3, 0.4) is 0 Å². The van der Waals surface area contributed by atoms with Crippen molar-refractivity contribution < 1.29 is 5.11 Å². The van der Waals surface area contributed by atoms with Crippen molar-refractivity contribution in [2.45, 2.75) is 37.8 Å². The minimum absolute atomic E-state index is 0.153. The van der Waals surface area contributed by atoms with Crippen LogP contribution in [0.2, 0.25) is 0 Å². The van der Waals surface area contributed by atoms with E-state index in [4.69, 9.17) is 0 Å². The van der Waals surface area contributed by atoms with Crippen LogP contribution in [0.4, 0.5) is 17.5 Å². The fourth-order valence-electron chi connectivity index (χ4n) is 3.30. The van der Waals surface area contributed by atoms with E-state index in [1.807, 2.05) is 0 Å². The molecule has 0 atom stereocenters. The van der Waals surface area contributed by atoms with Gasteiger partial charge in [0.05, 0.1) is 24.1 Å². The third kappa shape index (κ3) is 3.72. The minimum Gasteiger partial charge on any atom is -0.393 e. The summed E-state index contributed by atoms with van der Waals surface area (Å²) < 4.78 is 1.44. The number of nitrogens with one attached hydrogen (secondary N) is 2. The Bertz CT molecular complexity index is 998. The molecule has 0 aliphatic heterocycles. The summed E-state index contributed by atoms with van der Waals surface area (Å²) in [6.07, 6.45) is 9.16. The number of aromatic nitrogens is 5. The molecule has 3 heterocycles. The summed E-state index contributed by atoms with van der Waals surface area (Å²) in [5.41, 5.74) is 0.398. The van der Waals surface area contributed by atoms with Crippen molar-refractivity contribution in [3.63, 3.8) is 0 Å². The summed E-state index contributed by atoms with van der Waals surface area (Å²) in [5.74, 6) is 1.58. The zero-order valence-electron chi connectivity index (χ0n) is 15.0. The number of hydrogen-bond acceptors (Lipinski definition) is 8. The predicted molar refractivity (Wildman–Crippen MR) is 102 cm³/mol. The molecule has 140 valence electrons. The summed E-state index contributed by atoms with van der Waals surface area (Å²) in [4.78, 5) is 29.9. The van der Waals surface area contributed by atoms with Gasteiger partial charge < -0.3 is 20.3 Å². The van der Waals surface area contributed by atoms with Crippen LogP contribution < -0.4 is 16.2 Å². The number of nitrogens with zero attached hydrogens (tertiary/aromatic N) is 5. The van der Waals surface area contributed by atoms with Crippen molar-refractivity contribution in [2.24, 2.45) is 7.05 Å². The van der Waals surface area contributed by atoms with E-state index in [-0.39, 0.29) is 17.7 Å². The van der Waals surface area contributed by atoms with E-state index in [9.17, 15) is 9.90 Å². The highest BCUT2D eigenvalue weighted by Gasteiger charge is 2.21. The Balaban J connectivity index is 1.73. The largest absolute Gasteiger partial charge is 0.393 e. The molecule has 0 saturated heterocycles. The molecule has 9 nitrogen and oxygen atoms in total. The molecule has 0 radical (unpaired) electrons. The van der Waals surface area contributed by atoms with Gasteiger partial charge in [-0.15, -0.1) is 0 Å². The lowest BCUT2D eigenvalue weighted by Crippen LogP contribution is -2.29. The maximum atomic E-state index is 12.7. The first-order valence-electron chi connectivity index (χ1n) is 8.94. The first-order valence-corrected chi connectivity index (χ1v) is 8.94. The van der Waals surface area contributed by atoms with Crippen LogP contribution in [0.25, 0.3) is 10.9 Å². The topological polar surface area (TPSA) is 118 Å². The number of aryl methyl sites for hydroxylation is 1. The average Bonchev–Trinajstić information content (AvgIpc) is 2.67. The van der Waals surface area contributed by atoms with Crippen LogP contribution >= 0.6 is 0 Å². The third-order valence-electron chi connectivity index (χ3n) is 4.76. The molecule has 9 heteroatoms. The Morgan fingerprint density at radius 2 is 1.96 bits per heavy atom. The zero-order chi connectivity index (χ0) is 18.8. The second-order valence-electron chi connectivity index (χ2n) is 6.78. The van der Waals surface area contributed by atoms with Crippen LogP contribution in [0.1, 0.15) is 25.7 Å². The van der Waals surface area contributed by atoms with E-state index >= 15 is 0 Å². The van der Waals surface area contributed by atoms with Crippen LogP contribution in [0.15, 0.2) is 35.8 Å². The normalized spacial score (nSPS) is 19.8. The van der Waals surface area contributed by atoms with Gasteiger partial charge in [-0.25, -0.2) is 15.0 Å². The van der Waals surface area contributed by atoms with E-state index in [0.717, 1.165) is 25.7 Å². The molecule has 0 aromatic carbocycles. The molecule has 0 unspecified atom stereocenters. The van der Waals surface area contributed by atoms with E-state index in [2.05, 4.69) is 30.6 Å². The van der Waals surface area contributed by atoms with Crippen molar-refractivity contribution in [3.8, 4) is 0 Å². The standard InChI is InChI=1S/C18H21N7O2/c1-25-10-21-13-8-14(23-15-9-19-6-7-20-15)24-17(16(13)18(25)27)22-11-2-4-12(26)5-3-11/h6-12,26H,2-5H2,1H3,(H2,20,22,23,24)/t11-,12+. The summed E-state index contributed by atoms with van der Waals surface area (Å²) >= 11 is 0. The molecule has 0 amide bonds. The van der Waals surface area contributed by atoms with Gasteiger partial charge in [0, 0.05) is 31.5 Å². The van der Waals surface area contributed by atoms with Gasteiger partial charge in [-0.1, -0.05) is 0 Å². The van der Waals surface area contributed by atoms with Gasteiger partial charge in [-0.05, 0) is 25.7 Å². The fourth-order valence-corrected chi connectivity index (χ4v) is 3.30. The monoisotopic (exact) mass is 367 g/mol. The molecular formula is C18H21N7O2. The van der Waals surface area contributed by atoms with Gasteiger partial charge in [0.2, 0.25) is 0 Å². The number of anilines is 3. The Kier molecular flexibility index (Phi) is 4.68. The summed E-state index contributed by atoms with van der Waals surface area (Å²) in [6.45, 7) is 0. The van der Waals surface area contributed by atoms with Gasteiger partial charge in [-0.2, -0.15) is 0 Å². The van der Waals surface area contributed by atoms with E-state index < -0.39 is 0 Å². The summed E-state index contributed by atoms with van der Waals surface area (Å²) in [6, 6.07) is 1.88. The van der Waals surface area contributed by atoms with Crippen LogP contribution in [0, 0.1) is 0 Å². The Morgan fingerprint density at radius 3 is 2.70 bits per heavy atom. The van der Waals surface area contributed by atoms with Crippen molar-refractivity contribution in [1.29, 1.82) is 0 Å². The van der Waals surface area contributed by atoms with Crippen LogP contribution in [-0.2, 0) is 7.05 Å². The molecule has 1 fully saturated rings. The molecule has 1 aliphatic rings. The van der Waals surface area contributed by atoms with E-state index in [1.54, 1.807) is 31.7 Å². The Labute approximate surface area is 155 Å². The summed E-state index contributed by atoms with van der Waals surface area (Å²) in [7, 11) is 1.67. The maximum Gasteiger partial charge on any atom is 0.264 e. The second kappa shape index (κ2) is 7.28. The number of aliphatic hydroxyl groups excluding tert-OH is 1. The maximum absolute atomic E-state index is 12.7. The molecule has 1 aliphatic carbocycles. The molecule has 27 heavy (non-hydrogen) atoms. The number of rotatable bonds is 4. The van der Waals surface area contributed by atoms with Gasteiger partial charge in [0.15, 0.2) is 0 Å². The molecule has 0 bridgehead atoms. The molecule has 1 saturated carbocycles. The van der Waals surface area contributed by atoms with Gasteiger partial charge in [0.1, 0.15) is 22.8 Å². The Hall–Kier alpha value is -3.07. The number of hydrogen-bond donors (Lipinski definition) is 3. The lowest BCUT2D eigenvalue weighted by Gasteiger charge is -2.27. The number of pyridine rings is 1. The average molecular weight is 367 g/mol. The molecule has 0 spiro atoms. The van der Waals surface area contributed by atoms with Crippen molar-refractivity contribution in [3.05, 3.63) is 41.3 Å². The summed E-state index contributed by atoms with van der Waals surface area (Å²) in [5, 5.41) is 16.7. The first kappa shape index (κ1) is 17.3. The molecule has 3 aromatic rings. The lowest BCUT2D eigenvalue weighted by molar-refractivity contribution is 0.126. The highest BCUT2D eigenvalue weighted by molar-refractivity contribution is 5.90. The number of fused-ring (bicyclic) bond motifs is 1. The van der Waals surface area contributed by atoms with Crippen molar-refractivity contribution >= 4 is 28.4 Å².